The summed E-state index contributed by atoms with van der Waals surface area (Å²) >= 11 is 0. The Morgan fingerprint density at radius 2 is 1.70 bits per heavy atom. The largest absolute Gasteiger partial charge is 0.322 e. The molecule has 0 aliphatic carbocycles. The summed E-state index contributed by atoms with van der Waals surface area (Å²) < 4.78 is 1.93. The smallest absolute Gasteiger partial charge is 0.259 e. The fourth-order valence-electron chi connectivity index (χ4n) is 2.41. The number of carbonyl (C=O) groups excluding carboxylic acids is 1. The third kappa shape index (κ3) is 3.59. The fourth-order valence-corrected chi connectivity index (χ4v) is 2.41. The summed E-state index contributed by atoms with van der Waals surface area (Å²) in [4.78, 5) is 16.9. The lowest BCUT2D eigenvalue weighted by Gasteiger charge is -2.06. The molecule has 120 valence electrons. The maximum atomic E-state index is 12.4. The van der Waals surface area contributed by atoms with Gasteiger partial charge in [0.1, 0.15) is 5.65 Å². The molecule has 3 aromatic rings. The summed E-state index contributed by atoms with van der Waals surface area (Å²) in [5, 5.41) is 2.91. The minimum atomic E-state index is -0.140. The van der Waals surface area contributed by atoms with E-state index in [1.807, 2.05) is 75.5 Å². The van der Waals surface area contributed by atoms with Gasteiger partial charge in [0, 0.05) is 23.3 Å². The first-order chi connectivity index (χ1) is 11.0. The average Bonchev–Trinajstić information content (AvgIpc) is 2.95. The van der Waals surface area contributed by atoms with Crippen LogP contribution in [0, 0.1) is 20.8 Å². The number of fused-ring (bicyclic) bond motifs is 1. The number of nitrogens with zero attached hydrogens (tertiary/aromatic N) is 2. The molecular formula is C19H23N3O. The Labute approximate surface area is 137 Å². The van der Waals surface area contributed by atoms with Crippen molar-refractivity contribution in [2.75, 3.05) is 5.32 Å². The first-order valence-electron chi connectivity index (χ1n) is 7.88. The Balaban J connectivity index is 0.000000924. The summed E-state index contributed by atoms with van der Waals surface area (Å²) in [5.41, 5.74) is 5.19. The highest BCUT2D eigenvalue weighted by molar-refractivity contribution is 6.08. The standard InChI is InChI=1S/C17H17N3O.C2H6/c1-11-4-6-14(7-5-11)19-17(21)15-8-9-20-13(3)10-12(2)18-16(15)20;1-2/h4-10H,1-3H3,(H,19,21);1-2H3. The molecule has 0 unspecified atom stereocenters. The van der Waals surface area contributed by atoms with Crippen LogP contribution in [0.3, 0.4) is 0 Å². The van der Waals surface area contributed by atoms with Gasteiger partial charge < -0.3 is 9.72 Å². The maximum Gasteiger partial charge on any atom is 0.259 e. The van der Waals surface area contributed by atoms with Crippen LogP contribution < -0.4 is 5.32 Å². The molecule has 1 aromatic carbocycles. The molecule has 0 radical (unpaired) electrons. The van der Waals surface area contributed by atoms with Crippen LogP contribution in [0.15, 0.2) is 42.6 Å². The number of hydrogen-bond acceptors (Lipinski definition) is 2. The topological polar surface area (TPSA) is 46.4 Å². The Morgan fingerprint density at radius 3 is 2.35 bits per heavy atom. The van der Waals surface area contributed by atoms with Gasteiger partial charge in [0.25, 0.3) is 5.91 Å². The molecule has 2 heterocycles. The molecule has 2 aromatic heterocycles. The minimum absolute atomic E-state index is 0.140. The number of anilines is 1. The molecular weight excluding hydrogens is 286 g/mol. The second kappa shape index (κ2) is 7.09. The van der Waals surface area contributed by atoms with E-state index < -0.39 is 0 Å². The average molecular weight is 309 g/mol. The van der Waals surface area contributed by atoms with E-state index in [1.54, 1.807) is 6.07 Å². The summed E-state index contributed by atoms with van der Waals surface area (Å²) in [6.45, 7) is 9.95. The molecule has 0 spiro atoms. The molecule has 4 heteroatoms. The number of aromatic nitrogens is 2. The van der Waals surface area contributed by atoms with E-state index in [9.17, 15) is 4.79 Å². The SMILES string of the molecule is CC.Cc1ccc(NC(=O)c2ccn3c(C)cc(C)nc23)cc1. The number of nitrogens with one attached hydrogen (secondary N) is 1. The van der Waals surface area contributed by atoms with Crippen molar-refractivity contribution < 1.29 is 4.79 Å². The van der Waals surface area contributed by atoms with E-state index in [-0.39, 0.29) is 5.91 Å². The molecule has 23 heavy (non-hydrogen) atoms. The van der Waals surface area contributed by atoms with Crippen LogP contribution in [0.1, 0.15) is 41.2 Å². The Bertz CT molecular complexity index is 816. The van der Waals surface area contributed by atoms with Crippen LogP contribution in [0.5, 0.6) is 0 Å². The molecule has 0 saturated carbocycles. The molecule has 0 fully saturated rings. The van der Waals surface area contributed by atoms with Gasteiger partial charge in [0.05, 0.1) is 5.56 Å². The van der Waals surface area contributed by atoms with Gasteiger partial charge in [-0.3, -0.25) is 4.79 Å². The number of amides is 1. The lowest BCUT2D eigenvalue weighted by Crippen LogP contribution is -2.12. The maximum absolute atomic E-state index is 12.4. The van der Waals surface area contributed by atoms with Crippen LogP contribution in [0.2, 0.25) is 0 Å². The van der Waals surface area contributed by atoms with Crippen LogP contribution in [-0.2, 0) is 0 Å². The van der Waals surface area contributed by atoms with Crippen molar-refractivity contribution in [3.63, 3.8) is 0 Å². The zero-order valence-electron chi connectivity index (χ0n) is 14.3. The Morgan fingerprint density at radius 1 is 1.04 bits per heavy atom. The minimum Gasteiger partial charge on any atom is -0.322 e. The van der Waals surface area contributed by atoms with Crippen molar-refractivity contribution in [2.24, 2.45) is 0 Å². The zero-order chi connectivity index (χ0) is 17.0. The summed E-state index contributed by atoms with van der Waals surface area (Å²) in [6.07, 6.45) is 1.88. The van der Waals surface area contributed by atoms with Gasteiger partial charge in [-0.25, -0.2) is 4.98 Å². The van der Waals surface area contributed by atoms with Crippen LogP contribution in [-0.4, -0.2) is 15.3 Å². The van der Waals surface area contributed by atoms with Gasteiger partial charge in [-0.1, -0.05) is 31.5 Å². The second-order valence-electron chi connectivity index (χ2n) is 5.28. The monoisotopic (exact) mass is 309 g/mol. The number of hydrogen-bond donors (Lipinski definition) is 1. The molecule has 0 saturated heterocycles. The van der Waals surface area contributed by atoms with Gasteiger partial charge in [-0.2, -0.15) is 0 Å². The van der Waals surface area contributed by atoms with E-state index in [0.717, 1.165) is 22.6 Å². The fraction of sp³-hybridized carbons (Fsp3) is 0.263. The van der Waals surface area contributed by atoms with Crippen molar-refractivity contribution in [3.8, 4) is 0 Å². The van der Waals surface area contributed by atoms with Gasteiger partial charge in [0.15, 0.2) is 0 Å². The highest BCUT2D eigenvalue weighted by atomic mass is 16.1. The van der Waals surface area contributed by atoms with E-state index in [1.165, 1.54) is 0 Å². The van der Waals surface area contributed by atoms with Crippen LogP contribution in [0.25, 0.3) is 5.65 Å². The lowest BCUT2D eigenvalue weighted by atomic mass is 10.2. The highest BCUT2D eigenvalue weighted by Crippen LogP contribution is 2.16. The lowest BCUT2D eigenvalue weighted by molar-refractivity contribution is 0.102. The Hall–Kier alpha value is -2.62. The first kappa shape index (κ1) is 16.7. The van der Waals surface area contributed by atoms with Crippen molar-refractivity contribution in [3.05, 3.63) is 65.1 Å². The van der Waals surface area contributed by atoms with E-state index >= 15 is 0 Å². The van der Waals surface area contributed by atoms with E-state index in [0.29, 0.717) is 11.2 Å². The molecule has 1 amide bonds. The number of rotatable bonds is 2. The number of benzene rings is 1. The summed E-state index contributed by atoms with van der Waals surface area (Å²) in [7, 11) is 0. The predicted octanol–water partition coefficient (Wildman–Crippen LogP) is 4.54. The predicted molar refractivity (Wildman–Crippen MR) is 95.1 cm³/mol. The second-order valence-corrected chi connectivity index (χ2v) is 5.28. The van der Waals surface area contributed by atoms with Gasteiger partial charge in [-0.15, -0.1) is 0 Å². The normalized spacial score (nSPS) is 10.1. The molecule has 4 nitrogen and oxygen atoms in total. The molecule has 1 N–H and O–H groups in total. The van der Waals surface area contributed by atoms with Crippen molar-refractivity contribution in [1.29, 1.82) is 0 Å². The third-order valence-corrected chi connectivity index (χ3v) is 3.49. The highest BCUT2D eigenvalue weighted by Gasteiger charge is 2.14. The Kier molecular flexibility index (Phi) is 5.16. The van der Waals surface area contributed by atoms with E-state index in [4.69, 9.17) is 0 Å². The first-order valence-corrected chi connectivity index (χ1v) is 7.88. The summed E-state index contributed by atoms with van der Waals surface area (Å²) in [5.74, 6) is -0.140. The molecule has 3 rings (SSSR count). The zero-order valence-corrected chi connectivity index (χ0v) is 14.3. The van der Waals surface area contributed by atoms with Gasteiger partial charge >= 0.3 is 0 Å². The molecule has 0 bridgehead atoms. The van der Waals surface area contributed by atoms with Gasteiger partial charge in [-0.05, 0) is 45.0 Å². The summed E-state index contributed by atoms with van der Waals surface area (Å²) in [6, 6.07) is 11.5. The van der Waals surface area contributed by atoms with Crippen LogP contribution in [0.4, 0.5) is 5.69 Å². The van der Waals surface area contributed by atoms with Gasteiger partial charge in [0.2, 0.25) is 0 Å². The van der Waals surface area contributed by atoms with Crippen molar-refractivity contribution in [2.45, 2.75) is 34.6 Å². The van der Waals surface area contributed by atoms with Crippen molar-refractivity contribution >= 4 is 17.2 Å². The van der Waals surface area contributed by atoms with Crippen molar-refractivity contribution in [1.82, 2.24) is 9.38 Å². The third-order valence-electron chi connectivity index (χ3n) is 3.49. The number of aryl methyl sites for hydroxylation is 3. The molecule has 0 atom stereocenters. The van der Waals surface area contributed by atoms with E-state index in [2.05, 4.69) is 10.3 Å². The molecule has 0 aliphatic rings. The van der Waals surface area contributed by atoms with Crippen LogP contribution >= 0.6 is 0 Å². The quantitative estimate of drug-likeness (QED) is 0.755. The number of carbonyl (C=O) groups is 1. The molecule has 0 aliphatic heterocycles.